The Morgan fingerprint density at radius 1 is 1.25 bits per heavy atom. The van der Waals surface area contributed by atoms with E-state index in [1.807, 2.05) is 0 Å². The number of carbonyl (C=O) groups excluding carboxylic acids is 1. The number of hydrogen-bond acceptors (Lipinski definition) is 3. The molecule has 2 N–H and O–H groups in total. The molecule has 0 saturated heterocycles. The maximum atomic E-state index is 14.8. The van der Waals surface area contributed by atoms with Gasteiger partial charge in [-0.05, 0) is 55.1 Å². The molecule has 32 heavy (non-hydrogen) atoms. The predicted molar refractivity (Wildman–Crippen MR) is 120 cm³/mol. The van der Waals surface area contributed by atoms with E-state index in [-0.39, 0.29) is 41.4 Å². The van der Waals surface area contributed by atoms with Gasteiger partial charge in [0.25, 0.3) is 5.91 Å². The molecular formula is C23H31F2N3O3S. The van der Waals surface area contributed by atoms with Crippen molar-refractivity contribution in [2.45, 2.75) is 59.5 Å². The van der Waals surface area contributed by atoms with Gasteiger partial charge >= 0.3 is 0 Å². The number of rotatable bonds is 6. The summed E-state index contributed by atoms with van der Waals surface area (Å²) in [6, 6.07) is 2.43. The monoisotopic (exact) mass is 467 g/mol. The van der Waals surface area contributed by atoms with Gasteiger partial charge in [-0.3, -0.25) is 4.79 Å². The van der Waals surface area contributed by atoms with Gasteiger partial charge in [0.1, 0.15) is 0 Å². The van der Waals surface area contributed by atoms with Crippen molar-refractivity contribution in [3.8, 4) is 0 Å². The Bertz CT molecular complexity index is 1200. The van der Waals surface area contributed by atoms with E-state index < -0.39 is 21.7 Å². The molecule has 3 unspecified atom stereocenters. The topological polar surface area (TPSA) is 80.2 Å². The van der Waals surface area contributed by atoms with Crippen LogP contribution in [0.15, 0.2) is 12.1 Å². The molecule has 176 valence electrons. The normalized spacial score (nSPS) is 26.7. The molecule has 1 aromatic carbocycles. The fourth-order valence-corrected chi connectivity index (χ4v) is 6.74. The van der Waals surface area contributed by atoms with Gasteiger partial charge in [-0.25, -0.2) is 21.9 Å². The number of carbonyl (C=O) groups is 1. The Morgan fingerprint density at radius 3 is 2.53 bits per heavy atom. The predicted octanol–water partition coefficient (Wildman–Crippen LogP) is 3.72. The Morgan fingerprint density at radius 2 is 1.94 bits per heavy atom. The molecule has 2 saturated carbocycles. The van der Waals surface area contributed by atoms with Crippen molar-refractivity contribution in [3.05, 3.63) is 35.0 Å². The number of amides is 1. The summed E-state index contributed by atoms with van der Waals surface area (Å²) in [5.41, 5.74) is 0.726. The van der Waals surface area contributed by atoms with Gasteiger partial charge in [-0.15, -0.1) is 0 Å². The lowest BCUT2D eigenvalue weighted by Gasteiger charge is -2.43. The van der Waals surface area contributed by atoms with Crippen molar-refractivity contribution >= 4 is 26.8 Å². The van der Waals surface area contributed by atoms with Crippen molar-refractivity contribution < 1.29 is 22.0 Å². The van der Waals surface area contributed by atoms with Gasteiger partial charge < -0.3 is 9.88 Å². The minimum absolute atomic E-state index is 0.00409. The Hall–Kier alpha value is -2.00. The third-order valence-electron chi connectivity index (χ3n) is 7.85. The smallest absolute Gasteiger partial charge is 0.253 e. The second kappa shape index (κ2) is 7.52. The first-order chi connectivity index (χ1) is 14.8. The van der Waals surface area contributed by atoms with Crippen molar-refractivity contribution in [3.63, 3.8) is 0 Å². The summed E-state index contributed by atoms with van der Waals surface area (Å²) in [5, 5.41) is 3.56. The van der Waals surface area contributed by atoms with Crippen LogP contribution in [0.5, 0.6) is 0 Å². The zero-order chi connectivity index (χ0) is 23.6. The molecule has 6 nitrogen and oxygen atoms in total. The lowest BCUT2D eigenvalue weighted by Crippen LogP contribution is -2.52. The fourth-order valence-electron chi connectivity index (χ4n) is 6.28. The molecule has 1 amide bonds. The van der Waals surface area contributed by atoms with Crippen LogP contribution in [0.2, 0.25) is 0 Å². The molecular weight excluding hydrogens is 436 g/mol. The SMILES string of the molecule is Cc1c(C(=O)NC2C3(C)CCC(C3)C2(C)C)c2ccc(F)c(F)c2n1CCNS(C)(=O)=O. The molecule has 0 aliphatic heterocycles. The van der Waals surface area contributed by atoms with Gasteiger partial charge in [0.05, 0.1) is 17.3 Å². The average molecular weight is 468 g/mol. The van der Waals surface area contributed by atoms with Gasteiger partial charge in [0.2, 0.25) is 10.0 Å². The summed E-state index contributed by atoms with van der Waals surface area (Å²) in [4.78, 5) is 13.5. The second-order valence-electron chi connectivity index (χ2n) is 10.4. The molecule has 2 aliphatic carbocycles. The van der Waals surface area contributed by atoms with Gasteiger partial charge in [0, 0.05) is 30.2 Å². The summed E-state index contributed by atoms with van der Waals surface area (Å²) in [7, 11) is -3.44. The first kappa shape index (κ1) is 23.2. The zero-order valence-corrected chi connectivity index (χ0v) is 20.0. The highest BCUT2D eigenvalue weighted by molar-refractivity contribution is 7.88. The van der Waals surface area contributed by atoms with Gasteiger partial charge in [-0.2, -0.15) is 0 Å². The highest BCUT2D eigenvalue weighted by atomic mass is 32.2. The van der Waals surface area contributed by atoms with Crippen LogP contribution in [0.4, 0.5) is 8.78 Å². The molecule has 9 heteroatoms. The first-order valence-electron chi connectivity index (χ1n) is 11.0. The largest absolute Gasteiger partial charge is 0.348 e. The quantitative estimate of drug-likeness (QED) is 0.680. The van der Waals surface area contributed by atoms with Crippen LogP contribution < -0.4 is 10.0 Å². The minimum Gasteiger partial charge on any atom is -0.348 e. The van der Waals surface area contributed by atoms with Gasteiger partial charge in [0.15, 0.2) is 11.6 Å². The molecule has 2 aromatic rings. The summed E-state index contributed by atoms with van der Waals surface area (Å²) >= 11 is 0. The van der Waals surface area contributed by atoms with E-state index in [0.717, 1.165) is 31.6 Å². The number of benzene rings is 1. The Labute approximate surface area is 187 Å². The number of nitrogens with one attached hydrogen (secondary N) is 2. The molecule has 1 aromatic heterocycles. The molecule has 2 bridgehead atoms. The molecule has 0 radical (unpaired) electrons. The molecule has 3 atom stereocenters. The van der Waals surface area contributed by atoms with Crippen LogP contribution in [-0.2, 0) is 16.6 Å². The third kappa shape index (κ3) is 3.63. The Kier molecular flexibility index (Phi) is 5.44. The van der Waals surface area contributed by atoms with Crippen LogP contribution in [-0.4, -0.2) is 37.7 Å². The van der Waals surface area contributed by atoms with Crippen molar-refractivity contribution in [2.24, 2.45) is 16.7 Å². The number of sulfonamides is 1. The van der Waals surface area contributed by atoms with E-state index in [0.29, 0.717) is 22.6 Å². The Balaban J connectivity index is 1.73. The number of nitrogens with zero attached hydrogens (tertiary/aromatic N) is 1. The average Bonchev–Trinajstić information content (AvgIpc) is 3.26. The second-order valence-corrected chi connectivity index (χ2v) is 12.2. The van der Waals surface area contributed by atoms with E-state index in [2.05, 4.69) is 30.8 Å². The maximum Gasteiger partial charge on any atom is 0.253 e. The molecule has 2 aliphatic rings. The third-order valence-corrected chi connectivity index (χ3v) is 8.58. The standard InChI is InChI=1S/C23H31F2N3O3S/c1-13-17(20(29)27-21-22(2,3)14-8-9-23(21,4)12-14)15-6-7-16(24)18(25)19(15)28(13)11-10-26-32(5,30)31/h6-7,14,21,26H,8-12H2,1-5H3,(H,27,29). The number of fused-ring (bicyclic) bond motifs is 3. The van der Waals surface area contributed by atoms with Crippen LogP contribution >= 0.6 is 0 Å². The van der Waals surface area contributed by atoms with Crippen LogP contribution in [0.1, 0.15) is 56.1 Å². The highest BCUT2D eigenvalue weighted by Crippen LogP contribution is 2.62. The minimum atomic E-state index is -3.44. The highest BCUT2D eigenvalue weighted by Gasteiger charge is 2.59. The molecule has 2 fully saturated rings. The van der Waals surface area contributed by atoms with Crippen molar-refractivity contribution in [2.75, 3.05) is 12.8 Å². The first-order valence-corrected chi connectivity index (χ1v) is 12.9. The molecule has 0 spiro atoms. The summed E-state index contributed by atoms with van der Waals surface area (Å²) < 4.78 is 55.6. The van der Waals surface area contributed by atoms with Crippen LogP contribution in [0.3, 0.4) is 0 Å². The number of halogens is 2. The molecule has 4 rings (SSSR count). The van der Waals surface area contributed by atoms with Crippen molar-refractivity contribution in [1.29, 1.82) is 0 Å². The van der Waals surface area contributed by atoms with E-state index in [1.54, 1.807) is 6.92 Å². The zero-order valence-electron chi connectivity index (χ0n) is 19.2. The van der Waals surface area contributed by atoms with Crippen LogP contribution in [0.25, 0.3) is 10.9 Å². The maximum absolute atomic E-state index is 14.8. The number of aromatic nitrogens is 1. The van der Waals surface area contributed by atoms with E-state index in [1.165, 1.54) is 10.6 Å². The summed E-state index contributed by atoms with van der Waals surface area (Å²) in [6.07, 6.45) is 4.32. The van der Waals surface area contributed by atoms with E-state index in [9.17, 15) is 22.0 Å². The fraction of sp³-hybridized carbons (Fsp3) is 0.609. The van der Waals surface area contributed by atoms with Gasteiger partial charge in [-0.1, -0.05) is 20.8 Å². The lowest BCUT2D eigenvalue weighted by atomic mass is 9.68. The number of hydrogen-bond donors (Lipinski definition) is 2. The van der Waals surface area contributed by atoms with Crippen molar-refractivity contribution in [1.82, 2.24) is 14.6 Å². The summed E-state index contributed by atoms with van der Waals surface area (Å²) in [5.74, 6) is -1.81. The van der Waals surface area contributed by atoms with E-state index in [4.69, 9.17) is 0 Å². The lowest BCUT2D eigenvalue weighted by molar-refractivity contribution is 0.0738. The molecule has 1 heterocycles. The van der Waals surface area contributed by atoms with E-state index >= 15 is 0 Å². The van der Waals surface area contributed by atoms with Crippen LogP contribution in [0, 0.1) is 35.3 Å². The summed E-state index contributed by atoms with van der Waals surface area (Å²) in [6.45, 7) is 8.34.